The van der Waals surface area contributed by atoms with Crippen LogP contribution in [0.15, 0.2) is 42.5 Å². The molecule has 2 aromatic carbocycles. The first-order valence-electron chi connectivity index (χ1n) is 6.94. The molecule has 0 amide bonds. The average Bonchev–Trinajstić information content (AvgIpc) is 3.33. The standard InChI is InChI=1S/C16H13NO6/c18-16(19)23-14-7-6-13(17(20)21)15(10-4-2-1-3-5-10)12(14)8-11-9-22-11/h1-7,11H,8-9H2,(H,18,19)/t11-/m0/s1. The third-order valence-corrected chi connectivity index (χ3v) is 3.54. The highest BCUT2D eigenvalue weighted by atomic mass is 16.7. The summed E-state index contributed by atoms with van der Waals surface area (Å²) in [7, 11) is 0. The van der Waals surface area contributed by atoms with E-state index in [1.807, 2.05) is 0 Å². The maximum atomic E-state index is 11.4. The molecule has 1 saturated heterocycles. The van der Waals surface area contributed by atoms with Crippen LogP contribution in [0.4, 0.5) is 10.5 Å². The van der Waals surface area contributed by atoms with Gasteiger partial charge in [-0.15, -0.1) is 0 Å². The third kappa shape index (κ3) is 3.29. The molecular weight excluding hydrogens is 302 g/mol. The highest BCUT2D eigenvalue weighted by Crippen LogP contribution is 2.40. The summed E-state index contributed by atoms with van der Waals surface area (Å²) < 4.78 is 10.0. The predicted molar refractivity (Wildman–Crippen MR) is 80.6 cm³/mol. The summed E-state index contributed by atoms with van der Waals surface area (Å²) >= 11 is 0. The summed E-state index contributed by atoms with van der Waals surface area (Å²) in [6, 6.07) is 11.4. The van der Waals surface area contributed by atoms with Crippen molar-refractivity contribution in [3.8, 4) is 16.9 Å². The molecule has 0 radical (unpaired) electrons. The SMILES string of the molecule is O=C(O)Oc1ccc([N+](=O)[O-])c(-c2ccccc2)c1C[C@H]1CO1. The Morgan fingerprint density at radius 2 is 2.00 bits per heavy atom. The summed E-state index contributed by atoms with van der Waals surface area (Å²) in [5.41, 5.74) is 1.37. The zero-order valence-corrected chi connectivity index (χ0v) is 12.0. The fraction of sp³-hybridized carbons (Fsp3) is 0.188. The molecule has 7 nitrogen and oxygen atoms in total. The Labute approximate surface area is 131 Å². The second-order valence-electron chi connectivity index (χ2n) is 5.09. The number of ether oxygens (including phenoxy) is 2. The molecule has 0 unspecified atom stereocenters. The number of nitrogens with zero attached hydrogens (tertiary/aromatic N) is 1. The Morgan fingerprint density at radius 3 is 2.57 bits per heavy atom. The van der Waals surface area contributed by atoms with Gasteiger partial charge in [-0.2, -0.15) is 0 Å². The number of nitro benzene ring substituents is 1. The Morgan fingerprint density at radius 1 is 1.30 bits per heavy atom. The van der Waals surface area contributed by atoms with Crippen LogP contribution in [0.1, 0.15) is 5.56 Å². The molecule has 7 heteroatoms. The first-order chi connectivity index (χ1) is 11.1. The van der Waals surface area contributed by atoms with Crippen molar-refractivity contribution in [3.05, 3.63) is 58.1 Å². The fourth-order valence-corrected chi connectivity index (χ4v) is 2.50. The summed E-state index contributed by atoms with van der Waals surface area (Å²) in [5, 5.41) is 20.3. The van der Waals surface area contributed by atoms with Gasteiger partial charge in [0.05, 0.1) is 23.2 Å². The van der Waals surface area contributed by atoms with Crippen molar-refractivity contribution >= 4 is 11.8 Å². The van der Waals surface area contributed by atoms with Gasteiger partial charge in [0.2, 0.25) is 0 Å². The number of benzene rings is 2. The topological polar surface area (TPSA) is 102 Å². The minimum atomic E-state index is -1.46. The van der Waals surface area contributed by atoms with Crippen molar-refractivity contribution in [1.29, 1.82) is 0 Å². The van der Waals surface area contributed by atoms with Crippen molar-refractivity contribution in [1.82, 2.24) is 0 Å². The molecule has 1 heterocycles. The van der Waals surface area contributed by atoms with E-state index in [1.54, 1.807) is 30.3 Å². The van der Waals surface area contributed by atoms with Gasteiger partial charge in [0.15, 0.2) is 0 Å². The smallest absolute Gasteiger partial charge is 0.449 e. The lowest BCUT2D eigenvalue weighted by Crippen LogP contribution is -2.09. The fourth-order valence-electron chi connectivity index (χ4n) is 2.50. The van der Waals surface area contributed by atoms with E-state index in [4.69, 9.17) is 14.6 Å². The molecule has 1 fully saturated rings. The van der Waals surface area contributed by atoms with Crippen LogP contribution in [0.3, 0.4) is 0 Å². The van der Waals surface area contributed by atoms with E-state index in [9.17, 15) is 14.9 Å². The predicted octanol–water partition coefficient (Wildman–Crippen LogP) is 3.26. The molecule has 23 heavy (non-hydrogen) atoms. The van der Waals surface area contributed by atoms with Gasteiger partial charge < -0.3 is 14.6 Å². The zero-order chi connectivity index (χ0) is 16.4. The van der Waals surface area contributed by atoms with Crippen LogP contribution in [0.2, 0.25) is 0 Å². The molecule has 2 aromatic rings. The van der Waals surface area contributed by atoms with Gasteiger partial charge >= 0.3 is 6.16 Å². The Balaban J connectivity index is 2.21. The highest BCUT2D eigenvalue weighted by Gasteiger charge is 2.30. The first kappa shape index (κ1) is 15.0. The number of epoxide rings is 1. The van der Waals surface area contributed by atoms with Gasteiger partial charge in [-0.05, 0) is 11.6 Å². The molecule has 0 bridgehead atoms. The highest BCUT2D eigenvalue weighted by molar-refractivity contribution is 5.80. The molecule has 3 rings (SSSR count). The van der Waals surface area contributed by atoms with E-state index in [2.05, 4.69) is 0 Å². The number of rotatable bonds is 5. The minimum absolute atomic E-state index is 0.0735. The maximum Gasteiger partial charge on any atom is 0.511 e. The number of nitro groups is 1. The molecule has 1 atom stereocenters. The molecule has 118 valence electrons. The summed E-state index contributed by atoms with van der Waals surface area (Å²) in [6.07, 6.45) is -1.18. The van der Waals surface area contributed by atoms with Gasteiger partial charge in [-0.25, -0.2) is 4.79 Å². The number of hydrogen-bond donors (Lipinski definition) is 1. The molecule has 1 aliphatic heterocycles. The van der Waals surface area contributed by atoms with Crippen LogP contribution >= 0.6 is 0 Å². The van der Waals surface area contributed by atoms with Crippen LogP contribution < -0.4 is 4.74 Å². The maximum absolute atomic E-state index is 11.4. The van der Waals surface area contributed by atoms with E-state index < -0.39 is 11.1 Å². The van der Waals surface area contributed by atoms with Crippen molar-refractivity contribution < 1.29 is 24.3 Å². The van der Waals surface area contributed by atoms with Crippen LogP contribution in [0.25, 0.3) is 11.1 Å². The van der Waals surface area contributed by atoms with E-state index in [0.29, 0.717) is 29.7 Å². The Hall–Kier alpha value is -2.93. The van der Waals surface area contributed by atoms with Gasteiger partial charge in [-0.1, -0.05) is 30.3 Å². The van der Waals surface area contributed by atoms with Crippen molar-refractivity contribution in [2.75, 3.05) is 6.61 Å². The average molecular weight is 315 g/mol. The molecule has 1 aliphatic rings. The van der Waals surface area contributed by atoms with Gasteiger partial charge in [0, 0.05) is 18.1 Å². The molecule has 1 N–H and O–H groups in total. The second kappa shape index (κ2) is 6.05. The third-order valence-electron chi connectivity index (χ3n) is 3.54. The van der Waals surface area contributed by atoms with Gasteiger partial charge in [-0.3, -0.25) is 10.1 Å². The normalized spacial score (nSPS) is 15.9. The lowest BCUT2D eigenvalue weighted by molar-refractivity contribution is -0.384. The van der Waals surface area contributed by atoms with E-state index in [-0.39, 0.29) is 17.5 Å². The molecule has 0 aliphatic carbocycles. The molecule has 0 spiro atoms. The number of carboxylic acid groups (broad SMARTS) is 1. The summed E-state index contributed by atoms with van der Waals surface area (Å²) in [5.74, 6) is 0.0949. The quantitative estimate of drug-likeness (QED) is 0.299. The van der Waals surface area contributed by atoms with Gasteiger partial charge in [0.25, 0.3) is 5.69 Å². The largest absolute Gasteiger partial charge is 0.511 e. The first-order valence-corrected chi connectivity index (χ1v) is 6.94. The Kier molecular flexibility index (Phi) is 3.94. The van der Waals surface area contributed by atoms with Crippen LogP contribution in [-0.2, 0) is 11.2 Å². The zero-order valence-electron chi connectivity index (χ0n) is 12.0. The van der Waals surface area contributed by atoms with Crippen LogP contribution in [0, 0.1) is 10.1 Å². The second-order valence-corrected chi connectivity index (χ2v) is 5.09. The number of hydrogen-bond acceptors (Lipinski definition) is 5. The molecular formula is C16H13NO6. The van der Waals surface area contributed by atoms with Crippen molar-refractivity contribution in [3.63, 3.8) is 0 Å². The summed E-state index contributed by atoms with van der Waals surface area (Å²) in [6.45, 7) is 0.545. The minimum Gasteiger partial charge on any atom is -0.449 e. The molecule has 0 saturated carbocycles. The van der Waals surface area contributed by atoms with Crippen LogP contribution in [-0.4, -0.2) is 28.9 Å². The van der Waals surface area contributed by atoms with Crippen LogP contribution in [0.5, 0.6) is 5.75 Å². The van der Waals surface area contributed by atoms with E-state index >= 15 is 0 Å². The van der Waals surface area contributed by atoms with Crippen molar-refractivity contribution in [2.45, 2.75) is 12.5 Å². The summed E-state index contributed by atoms with van der Waals surface area (Å²) in [4.78, 5) is 21.8. The number of carbonyl (C=O) groups is 1. The molecule has 0 aromatic heterocycles. The van der Waals surface area contributed by atoms with Gasteiger partial charge in [0.1, 0.15) is 5.75 Å². The van der Waals surface area contributed by atoms with Crippen molar-refractivity contribution in [2.24, 2.45) is 0 Å². The lowest BCUT2D eigenvalue weighted by atomic mass is 9.94. The Bertz CT molecular complexity index is 755. The monoisotopic (exact) mass is 315 g/mol. The lowest BCUT2D eigenvalue weighted by Gasteiger charge is -2.13. The van der Waals surface area contributed by atoms with E-state index in [1.165, 1.54) is 12.1 Å². The van der Waals surface area contributed by atoms with E-state index in [0.717, 1.165) is 0 Å².